The number of nitrogens with one attached hydrogen (secondary N) is 1. The summed E-state index contributed by atoms with van der Waals surface area (Å²) in [5, 5.41) is 2.67. The van der Waals surface area contributed by atoms with Gasteiger partial charge in [-0.3, -0.25) is 4.79 Å². The molecule has 0 aromatic carbocycles. The van der Waals surface area contributed by atoms with Gasteiger partial charge in [0, 0.05) is 6.20 Å². The Kier molecular flexibility index (Phi) is 2.77. The van der Waals surface area contributed by atoms with E-state index in [0.717, 1.165) is 0 Å². The predicted octanol–water partition coefficient (Wildman–Crippen LogP) is 1.57. The number of carbonyl (C=O) groups excluding carboxylic acids is 1. The largest absolute Gasteiger partial charge is 0.490 e. The molecule has 0 atom stereocenters. The van der Waals surface area contributed by atoms with Crippen LogP contribution in [0.5, 0.6) is 11.6 Å². The van der Waals surface area contributed by atoms with Crippen LogP contribution in [0.3, 0.4) is 0 Å². The number of hydrogen-bond acceptors (Lipinski definition) is 4. The lowest BCUT2D eigenvalue weighted by Gasteiger charge is -2.20. The van der Waals surface area contributed by atoms with Gasteiger partial charge in [-0.25, -0.2) is 4.98 Å². The molecule has 1 N–H and O–H groups in total. The zero-order valence-corrected chi connectivity index (χ0v) is 9.63. The van der Waals surface area contributed by atoms with Crippen LogP contribution in [0.2, 0.25) is 0 Å². The number of hydrogen-bond donors (Lipinski definition) is 1. The molecule has 1 aliphatic heterocycles. The van der Waals surface area contributed by atoms with Crippen molar-refractivity contribution in [1.29, 1.82) is 0 Å². The van der Waals surface area contributed by atoms with Crippen molar-refractivity contribution in [3.8, 4) is 11.6 Å². The van der Waals surface area contributed by atoms with Crippen LogP contribution in [0.15, 0.2) is 10.7 Å². The van der Waals surface area contributed by atoms with E-state index in [2.05, 4.69) is 26.2 Å². The standard InChI is InChI=1S/C9H9BrN2O3/c1-2-14-8-5(10)3-11-9-7(8)12-6(13)4-15-9/h3H,2,4H2,1H3,(H,12,13). The third-order valence-electron chi connectivity index (χ3n) is 1.85. The van der Waals surface area contributed by atoms with Crippen molar-refractivity contribution in [2.24, 2.45) is 0 Å². The van der Waals surface area contributed by atoms with Crippen molar-refractivity contribution >= 4 is 27.5 Å². The number of anilines is 1. The van der Waals surface area contributed by atoms with Crippen molar-refractivity contribution < 1.29 is 14.3 Å². The van der Waals surface area contributed by atoms with Gasteiger partial charge in [0.25, 0.3) is 5.91 Å². The smallest absolute Gasteiger partial charge is 0.262 e. The number of ether oxygens (including phenoxy) is 2. The number of rotatable bonds is 2. The zero-order chi connectivity index (χ0) is 10.8. The Balaban J connectivity index is 2.47. The molecule has 1 aromatic heterocycles. The highest BCUT2D eigenvalue weighted by atomic mass is 79.9. The van der Waals surface area contributed by atoms with Crippen LogP contribution in [0.4, 0.5) is 5.69 Å². The lowest BCUT2D eigenvalue weighted by molar-refractivity contribution is -0.118. The second-order valence-corrected chi connectivity index (χ2v) is 3.74. The minimum Gasteiger partial charge on any atom is -0.490 e. The van der Waals surface area contributed by atoms with Crippen molar-refractivity contribution in [2.45, 2.75) is 6.92 Å². The number of aromatic nitrogens is 1. The number of amides is 1. The third-order valence-corrected chi connectivity index (χ3v) is 2.41. The zero-order valence-electron chi connectivity index (χ0n) is 8.04. The van der Waals surface area contributed by atoms with Crippen LogP contribution >= 0.6 is 15.9 Å². The second-order valence-electron chi connectivity index (χ2n) is 2.89. The Morgan fingerprint density at radius 2 is 2.53 bits per heavy atom. The molecule has 0 fully saturated rings. The van der Waals surface area contributed by atoms with E-state index in [-0.39, 0.29) is 12.5 Å². The predicted molar refractivity (Wildman–Crippen MR) is 57.2 cm³/mol. The van der Waals surface area contributed by atoms with Crippen molar-refractivity contribution in [1.82, 2.24) is 4.98 Å². The van der Waals surface area contributed by atoms with Crippen molar-refractivity contribution in [3.63, 3.8) is 0 Å². The average molecular weight is 273 g/mol. The fourth-order valence-electron chi connectivity index (χ4n) is 1.27. The fourth-order valence-corrected chi connectivity index (χ4v) is 1.68. The molecule has 0 aliphatic carbocycles. The summed E-state index contributed by atoms with van der Waals surface area (Å²) in [5.41, 5.74) is 0.488. The van der Waals surface area contributed by atoms with Gasteiger partial charge in [0.15, 0.2) is 12.4 Å². The van der Waals surface area contributed by atoms with Crippen molar-refractivity contribution in [3.05, 3.63) is 10.7 Å². The van der Waals surface area contributed by atoms with Crippen LogP contribution in [0, 0.1) is 0 Å². The van der Waals surface area contributed by atoms with Gasteiger partial charge in [0.2, 0.25) is 5.88 Å². The molecular formula is C9H9BrN2O3. The molecule has 2 rings (SSSR count). The van der Waals surface area contributed by atoms with Gasteiger partial charge in [-0.05, 0) is 22.9 Å². The molecule has 0 saturated heterocycles. The number of fused-ring (bicyclic) bond motifs is 1. The Hall–Kier alpha value is -1.30. The Morgan fingerprint density at radius 1 is 1.73 bits per heavy atom. The molecule has 0 bridgehead atoms. The second kappa shape index (κ2) is 4.06. The number of halogens is 1. The minimum atomic E-state index is -0.205. The normalized spacial score (nSPS) is 13.9. The SMILES string of the molecule is CCOc1c(Br)cnc2c1NC(=O)CO2. The molecule has 1 amide bonds. The first-order chi connectivity index (χ1) is 7.22. The first-order valence-corrected chi connectivity index (χ1v) is 5.25. The van der Waals surface area contributed by atoms with Crippen LogP contribution in [0.25, 0.3) is 0 Å². The highest BCUT2D eigenvalue weighted by Gasteiger charge is 2.23. The summed E-state index contributed by atoms with van der Waals surface area (Å²) in [5.74, 6) is 0.736. The lowest BCUT2D eigenvalue weighted by Crippen LogP contribution is -2.26. The summed E-state index contributed by atoms with van der Waals surface area (Å²) < 4.78 is 11.2. The molecule has 6 heteroatoms. The van der Waals surface area contributed by atoms with E-state index in [1.807, 2.05) is 6.92 Å². The number of carbonyl (C=O) groups is 1. The molecule has 0 radical (unpaired) electrons. The summed E-state index contributed by atoms with van der Waals surface area (Å²) in [4.78, 5) is 15.2. The number of nitrogens with zero attached hydrogens (tertiary/aromatic N) is 1. The summed E-state index contributed by atoms with van der Waals surface area (Å²) in [6.45, 7) is 2.36. The van der Waals surface area contributed by atoms with E-state index in [0.29, 0.717) is 28.4 Å². The van der Waals surface area contributed by atoms with Gasteiger partial charge >= 0.3 is 0 Å². The summed E-state index contributed by atoms with van der Waals surface area (Å²) in [6, 6.07) is 0. The Morgan fingerprint density at radius 3 is 3.27 bits per heavy atom. The van der Waals surface area contributed by atoms with Gasteiger partial charge < -0.3 is 14.8 Å². The quantitative estimate of drug-likeness (QED) is 0.888. The molecular weight excluding hydrogens is 264 g/mol. The lowest BCUT2D eigenvalue weighted by atomic mass is 10.3. The summed E-state index contributed by atoms with van der Waals surface area (Å²) in [7, 11) is 0. The molecule has 1 aromatic rings. The maximum absolute atomic E-state index is 11.2. The average Bonchev–Trinajstić information content (AvgIpc) is 2.23. The highest BCUT2D eigenvalue weighted by molar-refractivity contribution is 9.10. The van der Waals surface area contributed by atoms with Gasteiger partial charge in [0.05, 0.1) is 11.1 Å². The Labute approximate surface area is 94.9 Å². The molecule has 2 heterocycles. The summed E-state index contributed by atoms with van der Waals surface area (Å²) in [6.07, 6.45) is 1.58. The molecule has 80 valence electrons. The van der Waals surface area contributed by atoms with E-state index in [1.165, 1.54) is 0 Å². The van der Waals surface area contributed by atoms with Gasteiger partial charge in [-0.1, -0.05) is 0 Å². The van der Waals surface area contributed by atoms with Crippen LogP contribution in [-0.4, -0.2) is 24.1 Å². The molecule has 0 spiro atoms. The first-order valence-electron chi connectivity index (χ1n) is 4.46. The molecule has 0 unspecified atom stereocenters. The fraction of sp³-hybridized carbons (Fsp3) is 0.333. The Bertz CT molecular complexity index is 409. The maximum atomic E-state index is 11.2. The molecule has 5 nitrogen and oxygen atoms in total. The van der Waals surface area contributed by atoms with Crippen LogP contribution in [0.1, 0.15) is 6.92 Å². The van der Waals surface area contributed by atoms with E-state index in [4.69, 9.17) is 9.47 Å². The monoisotopic (exact) mass is 272 g/mol. The van der Waals surface area contributed by atoms with E-state index in [9.17, 15) is 4.79 Å². The molecule has 15 heavy (non-hydrogen) atoms. The molecule has 1 aliphatic rings. The molecule has 0 saturated carbocycles. The van der Waals surface area contributed by atoms with Crippen molar-refractivity contribution in [2.75, 3.05) is 18.5 Å². The van der Waals surface area contributed by atoms with Gasteiger partial charge in [0.1, 0.15) is 5.69 Å². The third kappa shape index (κ3) is 1.90. The van der Waals surface area contributed by atoms with Gasteiger partial charge in [-0.2, -0.15) is 0 Å². The number of pyridine rings is 1. The van der Waals surface area contributed by atoms with E-state index in [1.54, 1.807) is 6.20 Å². The van der Waals surface area contributed by atoms with E-state index < -0.39 is 0 Å². The van der Waals surface area contributed by atoms with E-state index >= 15 is 0 Å². The summed E-state index contributed by atoms with van der Waals surface area (Å²) >= 11 is 3.30. The van der Waals surface area contributed by atoms with Gasteiger partial charge in [-0.15, -0.1) is 0 Å². The maximum Gasteiger partial charge on any atom is 0.262 e. The van der Waals surface area contributed by atoms with Crippen LogP contribution in [-0.2, 0) is 4.79 Å². The highest BCUT2D eigenvalue weighted by Crippen LogP contribution is 2.40. The minimum absolute atomic E-state index is 0.00675. The first kappa shape index (κ1) is 10.2. The van der Waals surface area contributed by atoms with Crippen LogP contribution < -0.4 is 14.8 Å². The topological polar surface area (TPSA) is 60.5 Å².